The second kappa shape index (κ2) is 11.7. The lowest BCUT2D eigenvalue weighted by molar-refractivity contribution is -0.126. The molecule has 0 aromatic heterocycles. The second-order valence-corrected chi connectivity index (χ2v) is 7.91. The number of nitrogens with zero attached hydrogens (tertiary/aromatic N) is 1. The van der Waals surface area contributed by atoms with Crippen molar-refractivity contribution in [1.29, 1.82) is 0 Å². The van der Waals surface area contributed by atoms with Crippen molar-refractivity contribution in [3.05, 3.63) is 77.1 Å². The van der Waals surface area contributed by atoms with Gasteiger partial charge < -0.3 is 10.6 Å². The molecule has 1 heterocycles. The van der Waals surface area contributed by atoms with Crippen molar-refractivity contribution in [3.8, 4) is 0 Å². The lowest BCUT2D eigenvalue weighted by atomic mass is 9.95. The van der Waals surface area contributed by atoms with Crippen LogP contribution in [0, 0.1) is 5.92 Å². The number of hydrogen-bond donors (Lipinski definition) is 1. The Hall–Kier alpha value is -2.13. The molecule has 3 heteroatoms. The molecule has 0 unspecified atom stereocenters. The van der Waals surface area contributed by atoms with Gasteiger partial charge in [0.05, 0.1) is 0 Å². The number of carbonyl (C=O) groups is 1. The number of amides is 1. The lowest BCUT2D eigenvalue weighted by Crippen LogP contribution is -2.40. The monoisotopic (exact) mass is 377 g/mol. The summed E-state index contributed by atoms with van der Waals surface area (Å²) in [5.41, 5.74) is 2.76. The van der Waals surface area contributed by atoms with Crippen molar-refractivity contribution in [1.82, 2.24) is 5.32 Å². The summed E-state index contributed by atoms with van der Waals surface area (Å²) in [4.78, 5) is 12.7. The van der Waals surface area contributed by atoms with Crippen molar-refractivity contribution in [2.24, 2.45) is 5.92 Å². The molecule has 0 bridgehead atoms. The number of carbonyl (C=O) groups excluding carboxylic acids is 1. The highest BCUT2D eigenvalue weighted by Crippen LogP contribution is 2.19. The SMILES string of the molecule is O=C(NC(CCCc1ccccc1)CCCc1ccccc1)C1CC[N-]CC1. The van der Waals surface area contributed by atoms with Gasteiger partial charge in [-0.05, 0) is 49.7 Å². The summed E-state index contributed by atoms with van der Waals surface area (Å²) in [6, 6.07) is 21.6. The van der Waals surface area contributed by atoms with Crippen molar-refractivity contribution >= 4 is 5.91 Å². The molecule has 2 aromatic carbocycles. The van der Waals surface area contributed by atoms with Crippen LogP contribution in [-0.2, 0) is 17.6 Å². The van der Waals surface area contributed by atoms with E-state index in [1.54, 1.807) is 0 Å². The molecule has 2 aromatic rings. The summed E-state index contributed by atoms with van der Waals surface area (Å²) in [6.45, 7) is 1.68. The summed E-state index contributed by atoms with van der Waals surface area (Å²) >= 11 is 0. The molecule has 1 fully saturated rings. The van der Waals surface area contributed by atoms with Gasteiger partial charge >= 0.3 is 0 Å². The normalized spacial score (nSPS) is 14.9. The Morgan fingerprint density at radius 1 is 0.857 bits per heavy atom. The largest absolute Gasteiger partial charge is 0.662 e. The van der Waals surface area contributed by atoms with Crippen molar-refractivity contribution < 1.29 is 4.79 Å². The minimum Gasteiger partial charge on any atom is -0.662 e. The molecule has 1 aliphatic rings. The second-order valence-electron chi connectivity index (χ2n) is 7.91. The van der Waals surface area contributed by atoms with Crippen LogP contribution in [0.5, 0.6) is 0 Å². The highest BCUT2D eigenvalue weighted by Gasteiger charge is 2.20. The van der Waals surface area contributed by atoms with Gasteiger partial charge in [-0.15, -0.1) is 13.1 Å². The fourth-order valence-electron chi connectivity index (χ4n) is 4.01. The Morgan fingerprint density at radius 3 is 1.86 bits per heavy atom. The number of rotatable bonds is 10. The van der Waals surface area contributed by atoms with E-state index in [9.17, 15) is 4.79 Å². The fraction of sp³-hybridized carbons (Fsp3) is 0.480. The van der Waals surface area contributed by atoms with E-state index in [0.717, 1.165) is 64.5 Å². The van der Waals surface area contributed by atoms with E-state index < -0.39 is 0 Å². The Balaban J connectivity index is 1.49. The zero-order valence-electron chi connectivity index (χ0n) is 16.9. The predicted octanol–water partition coefficient (Wildman–Crippen LogP) is 5.30. The molecule has 1 amide bonds. The zero-order chi connectivity index (χ0) is 19.4. The van der Waals surface area contributed by atoms with Crippen LogP contribution in [0.25, 0.3) is 5.32 Å². The van der Waals surface area contributed by atoms with Crippen molar-refractivity contribution in [2.45, 2.75) is 57.4 Å². The molecule has 0 saturated carbocycles. The Labute approximate surface area is 169 Å². The minimum atomic E-state index is 0.156. The third-order valence-electron chi connectivity index (χ3n) is 5.71. The topological polar surface area (TPSA) is 43.2 Å². The van der Waals surface area contributed by atoms with Gasteiger partial charge in [-0.2, -0.15) is 0 Å². The average Bonchev–Trinajstić information content (AvgIpc) is 2.75. The first-order valence-electron chi connectivity index (χ1n) is 10.8. The quantitative estimate of drug-likeness (QED) is 0.600. The summed E-state index contributed by atoms with van der Waals surface area (Å²) in [5.74, 6) is 0.405. The first-order valence-corrected chi connectivity index (χ1v) is 10.8. The van der Waals surface area contributed by atoms with Crippen LogP contribution >= 0.6 is 0 Å². The number of hydrogen-bond acceptors (Lipinski definition) is 1. The van der Waals surface area contributed by atoms with Gasteiger partial charge in [0, 0.05) is 12.0 Å². The molecule has 28 heavy (non-hydrogen) atoms. The van der Waals surface area contributed by atoms with E-state index >= 15 is 0 Å². The summed E-state index contributed by atoms with van der Waals surface area (Å²) in [6.07, 6.45) is 8.29. The minimum absolute atomic E-state index is 0.156. The van der Waals surface area contributed by atoms with Gasteiger partial charge in [0.2, 0.25) is 5.91 Å². The molecule has 150 valence electrons. The van der Waals surface area contributed by atoms with Gasteiger partial charge in [0.25, 0.3) is 0 Å². The predicted molar refractivity (Wildman–Crippen MR) is 117 cm³/mol. The average molecular weight is 378 g/mol. The third kappa shape index (κ3) is 7.12. The molecule has 0 aliphatic carbocycles. The fourth-order valence-corrected chi connectivity index (χ4v) is 4.01. The summed E-state index contributed by atoms with van der Waals surface area (Å²) < 4.78 is 0. The number of nitrogens with one attached hydrogen (secondary N) is 1. The van der Waals surface area contributed by atoms with E-state index in [2.05, 4.69) is 71.3 Å². The molecule has 1 N–H and O–H groups in total. The highest BCUT2D eigenvalue weighted by molar-refractivity contribution is 5.79. The van der Waals surface area contributed by atoms with E-state index in [4.69, 9.17) is 0 Å². The first-order chi connectivity index (χ1) is 13.8. The molecular formula is C25H33N2O-. The van der Waals surface area contributed by atoms with Crippen LogP contribution in [0.4, 0.5) is 0 Å². The number of benzene rings is 2. The maximum absolute atomic E-state index is 12.7. The van der Waals surface area contributed by atoms with Crippen LogP contribution in [0.1, 0.15) is 49.7 Å². The summed E-state index contributed by atoms with van der Waals surface area (Å²) in [7, 11) is 0. The number of piperidine rings is 1. The Morgan fingerprint density at radius 2 is 1.36 bits per heavy atom. The van der Waals surface area contributed by atoms with E-state index in [1.165, 1.54) is 11.1 Å². The Kier molecular flexibility index (Phi) is 8.57. The maximum atomic E-state index is 12.7. The molecular weight excluding hydrogens is 344 g/mol. The van der Waals surface area contributed by atoms with Gasteiger partial charge in [0.1, 0.15) is 0 Å². The molecule has 3 nitrogen and oxygen atoms in total. The lowest BCUT2D eigenvalue weighted by Gasteiger charge is -2.32. The van der Waals surface area contributed by atoms with Gasteiger partial charge in [-0.25, -0.2) is 0 Å². The molecule has 0 radical (unpaired) electrons. The smallest absolute Gasteiger partial charge is 0.223 e. The molecule has 1 aliphatic heterocycles. The third-order valence-corrected chi connectivity index (χ3v) is 5.71. The van der Waals surface area contributed by atoms with Crippen molar-refractivity contribution in [2.75, 3.05) is 13.1 Å². The van der Waals surface area contributed by atoms with Crippen molar-refractivity contribution in [3.63, 3.8) is 0 Å². The standard InChI is InChI=1S/C25H33N2O/c28-25(23-17-19-26-20-18-23)27-24(15-7-13-21-9-3-1-4-10-21)16-8-14-22-11-5-2-6-12-22/h1-6,9-12,23-24H,7-8,13-20H2,(H,27,28)/q-1. The maximum Gasteiger partial charge on any atom is 0.223 e. The van der Waals surface area contributed by atoms with Gasteiger partial charge in [0.15, 0.2) is 0 Å². The molecule has 1 saturated heterocycles. The first kappa shape index (κ1) is 20.6. The Bertz CT molecular complexity index is 635. The molecule has 0 atom stereocenters. The molecule has 0 spiro atoms. The van der Waals surface area contributed by atoms with E-state index in [-0.39, 0.29) is 17.9 Å². The van der Waals surface area contributed by atoms with Crippen LogP contribution in [0.15, 0.2) is 60.7 Å². The number of aryl methyl sites for hydroxylation is 2. The van der Waals surface area contributed by atoms with Crippen LogP contribution < -0.4 is 5.32 Å². The highest BCUT2D eigenvalue weighted by atomic mass is 16.1. The van der Waals surface area contributed by atoms with E-state index in [1.807, 2.05) is 0 Å². The van der Waals surface area contributed by atoms with Crippen LogP contribution in [-0.4, -0.2) is 25.0 Å². The van der Waals surface area contributed by atoms with E-state index in [0.29, 0.717) is 0 Å². The van der Waals surface area contributed by atoms with Crippen LogP contribution in [0.3, 0.4) is 0 Å². The van der Waals surface area contributed by atoms with Gasteiger partial charge in [-0.3, -0.25) is 4.79 Å². The summed E-state index contributed by atoms with van der Waals surface area (Å²) in [5, 5.41) is 7.75. The van der Waals surface area contributed by atoms with Crippen LogP contribution in [0.2, 0.25) is 0 Å². The molecule has 3 rings (SSSR count). The van der Waals surface area contributed by atoms with Gasteiger partial charge in [-0.1, -0.05) is 73.5 Å². The zero-order valence-corrected chi connectivity index (χ0v) is 16.9.